The molecular formula is C14H24N3O+. The summed E-state index contributed by atoms with van der Waals surface area (Å²) in [5.41, 5.74) is 8.93. The molecule has 1 atom stereocenters. The molecule has 1 aromatic rings. The first-order valence-electron chi connectivity index (χ1n) is 6.48. The maximum Gasteiger partial charge on any atom is 0.120 e. The molecule has 1 saturated heterocycles. The Morgan fingerprint density at radius 3 is 2.78 bits per heavy atom. The molecule has 18 heavy (non-hydrogen) atoms. The lowest BCUT2D eigenvalue weighted by molar-refractivity contribution is -0.890. The van der Waals surface area contributed by atoms with Crippen LogP contribution >= 0.6 is 0 Å². The van der Waals surface area contributed by atoms with E-state index in [9.17, 15) is 5.11 Å². The number of rotatable bonds is 1. The summed E-state index contributed by atoms with van der Waals surface area (Å²) >= 11 is 0. The van der Waals surface area contributed by atoms with Crippen LogP contribution in [0.4, 0.5) is 11.4 Å². The van der Waals surface area contributed by atoms with Crippen LogP contribution in [0.5, 0.6) is 0 Å². The first kappa shape index (κ1) is 13.2. The Bertz CT molecular complexity index is 431. The minimum atomic E-state index is -0.277. The van der Waals surface area contributed by atoms with E-state index in [1.165, 1.54) is 0 Å². The third-order valence-corrected chi connectivity index (χ3v) is 3.73. The highest BCUT2D eigenvalue weighted by atomic mass is 16.3. The number of nitrogen functional groups attached to an aromatic ring is 1. The second kappa shape index (κ2) is 4.78. The highest BCUT2D eigenvalue weighted by molar-refractivity contribution is 5.58. The fourth-order valence-corrected chi connectivity index (χ4v) is 2.55. The van der Waals surface area contributed by atoms with E-state index in [1.54, 1.807) is 0 Å². The molecule has 1 aliphatic rings. The van der Waals surface area contributed by atoms with Gasteiger partial charge in [-0.1, -0.05) is 0 Å². The molecule has 0 amide bonds. The van der Waals surface area contributed by atoms with Crippen molar-refractivity contribution in [3.63, 3.8) is 0 Å². The Balaban J connectivity index is 2.20. The Hall–Kier alpha value is -1.26. The summed E-state index contributed by atoms with van der Waals surface area (Å²) in [6, 6.07) is 6.09. The minimum absolute atomic E-state index is 0.277. The number of quaternary nitrogens is 1. The number of aryl methyl sites for hydroxylation is 1. The van der Waals surface area contributed by atoms with Crippen molar-refractivity contribution in [2.45, 2.75) is 13.0 Å². The number of nitrogens with two attached hydrogens (primary N) is 1. The molecule has 0 aliphatic carbocycles. The smallest absolute Gasteiger partial charge is 0.120 e. The summed E-state index contributed by atoms with van der Waals surface area (Å²) in [5, 5.41) is 10.1. The first-order valence-corrected chi connectivity index (χ1v) is 6.48. The third kappa shape index (κ3) is 2.94. The molecule has 2 rings (SSSR count). The number of nitrogens with zero attached hydrogens (tertiary/aromatic N) is 2. The highest BCUT2D eigenvalue weighted by Gasteiger charge is 2.27. The predicted molar refractivity (Wildman–Crippen MR) is 75.7 cm³/mol. The van der Waals surface area contributed by atoms with Crippen LogP contribution < -0.4 is 10.6 Å². The van der Waals surface area contributed by atoms with Gasteiger partial charge in [-0.15, -0.1) is 0 Å². The van der Waals surface area contributed by atoms with Crippen LogP contribution in [-0.2, 0) is 0 Å². The van der Waals surface area contributed by atoms with Gasteiger partial charge in [-0.2, -0.15) is 0 Å². The Morgan fingerprint density at radius 1 is 1.39 bits per heavy atom. The third-order valence-electron chi connectivity index (χ3n) is 3.73. The summed E-state index contributed by atoms with van der Waals surface area (Å²) in [5.74, 6) is 0. The minimum Gasteiger partial charge on any atom is -0.399 e. The van der Waals surface area contributed by atoms with Gasteiger partial charge in [-0.05, 0) is 30.7 Å². The zero-order valence-corrected chi connectivity index (χ0v) is 11.6. The lowest BCUT2D eigenvalue weighted by Gasteiger charge is -2.28. The van der Waals surface area contributed by atoms with E-state index in [0.29, 0.717) is 6.54 Å². The van der Waals surface area contributed by atoms with Crippen molar-refractivity contribution in [1.82, 2.24) is 0 Å². The fraction of sp³-hybridized carbons (Fsp3) is 0.571. The molecule has 0 radical (unpaired) electrons. The standard InChI is InChI=1S/C14H24N3O/c1-11-8-12(4-5-14(11)15)16-6-7-17(2,3)10-13(18)9-16/h4-5,8,13,18H,6-7,9-10,15H2,1-3H3/q+1. The zero-order chi connectivity index (χ0) is 13.3. The van der Waals surface area contributed by atoms with Gasteiger partial charge in [-0.3, -0.25) is 0 Å². The molecule has 4 nitrogen and oxygen atoms in total. The average Bonchev–Trinajstić information content (AvgIpc) is 2.40. The number of anilines is 2. The number of benzene rings is 1. The van der Waals surface area contributed by atoms with Crippen LogP contribution in [0.3, 0.4) is 0 Å². The van der Waals surface area contributed by atoms with E-state index in [4.69, 9.17) is 5.73 Å². The maximum atomic E-state index is 10.1. The molecular weight excluding hydrogens is 226 g/mol. The molecule has 4 heteroatoms. The Labute approximate surface area is 109 Å². The van der Waals surface area contributed by atoms with Gasteiger partial charge in [0.25, 0.3) is 0 Å². The molecule has 100 valence electrons. The monoisotopic (exact) mass is 250 g/mol. The van der Waals surface area contributed by atoms with E-state index in [1.807, 2.05) is 19.1 Å². The normalized spacial score (nSPS) is 23.8. The van der Waals surface area contributed by atoms with Crippen LogP contribution in [0.15, 0.2) is 18.2 Å². The number of hydrogen-bond donors (Lipinski definition) is 2. The number of β-amino-alcohol motifs (C(OH)–C–C–N with tert-alkyl or cyclic N) is 1. The van der Waals surface area contributed by atoms with Crippen molar-refractivity contribution in [2.24, 2.45) is 0 Å². The van der Waals surface area contributed by atoms with Gasteiger partial charge < -0.3 is 20.2 Å². The predicted octanol–water partition coefficient (Wildman–Crippen LogP) is 0.835. The van der Waals surface area contributed by atoms with E-state index >= 15 is 0 Å². The van der Waals surface area contributed by atoms with Gasteiger partial charge in [0.1, 0.15) is 12.6 Å². The average molecular weight is 250 g/mol. The first-order chi connectivity index (χ1) is 8.37. The van der Waals surface area contributed by atoms with E-state index in [2.05, 4.69) is 25.1 Å². The van der Waals surface area contributed by atoms with Gasteiger partial charge in [0.2, 0.25) is 0 Å². The van der Waals surface area contributed by atoms with Gasteiger partial charge in [0.15, 0.2) is 0 Å². The second-order valence-electron chi connectivity index (χ2n) is 5.98. The topological polar surface area (TPSA) is 49.5 Å². The highest BCUT2D eigenvalue weighted by Crippen LogP contribution is 2.22. The van der Waals surface area contributed by atoms with Crippen molar-refractivity contribution < 1.29 is 9.59 Å². The van der Waals surface area contributed by atoms with Gasteiger partial charge in [0.05, 0.1) is 27.2 Å². The molecule has 3 N–H and O–H groups in total. The van der Waals surface area contributed by atoms with Crippen molar-refractivity contribution in [1.29, 1.82) is 0 Å². The summed E-state index contributed by atoms with van der Waals surface area (Å²) in [6.07, 6.45) is -0.277. The van der Waals surface area contributed by atoms with Gasteiger partial charge >= 0.3 is 0 Å². The molecule has 0 saturated carbocycles. The SMILES string of the molecule is Cc1cc(N2CC[N+](C)(C)CC(O)C2)ccc1N. The molecule has 1 aromatic carbocycles. The zero-order valence-electron chi connectivity index (χ0n) is 11.6. The van der Waals surface area contributed by atoms with E-state index < -0.39 is 0 Å². The lowest BCUT2D eigenvalue weighted by atomic mass is 10.1. The number of likely N-dealkylation sites (N-methyl/N-ethyl adjacent to an activating group) is 1. The molecule has 1 fully saturated rings. The Morgan fingerprint density at radius 2 is 2.11 bits per heavy atom. The quantitative estimate of drug-likeness (QED) is 0.573. The lowest BCUT2D eigenvalue weighted by Crippen LogP contribution is -2.45. The van der Waals surface area contributed by atoms with Crippen LogP contribution in [0.1, 0.15) is 5.56 Å². The van der Waals surface area contributed by atoms with Gasteiger partial charge in [0, 0.05) is 17.9 Å². The summed E-state index contributed by atoms with van der Waals surface area (Å²) in [7, 11) is 4.34. The molecule has 0 aromatic heterocycles. The van der Waals surface area contributed by atoms with Crippen LogP contribution in [0, 0.1) is 6.92 Å². The van der Waals surface area contributed by atoms with E-state index in [0.717, 1.165) is 41.1 Å². The second-order valence-corrected chi connectivity index (χ2v) is 5.98. The van der Waals surface area contributed by atoms with Crippen molar-refractivity contribution in [2.75, 3.05) is 50.9 Å². The largest absolute Gasteiger partial charge is 0.399 e. The van der Waals surface area contributed by atoms with Crippen LogP contribution in [0.25, 0.3) is 0 Å². The number of hydrogen-bond acceptors (Lipinski definition) is 3. The van der Waals surface area contributed by atoms with E-state index in [-0.39, 0.29) is 6.10 Å². The molecule has 0 spiro atoms. The number of aliphatic hydroxyl groups excluding tert-OH is 1. The fourth-order valence-electron chi connectivity index (χ4n) is 2.55. The molecule has 1 heterocycles. The van der Waals surface area contributed by atoms with Crippen LogP contribution in [0.2, 0.25) is 0 Å². The number of aliphatic hydroxyl groups is 1. The maximum absolute atomic E-state index is 10.1. The Kier molecular flexibility index (Phi) is 3.50. The summed E-state index contributed by atoms with van der Waals surface area (Å²) in [4.78, 5) is 2.25. The molecule has 1 unspecified atom stereocenters. The summed E-state index contributed by atoms with van der Waals surface area (Å²) in [6.45, 7) is 5.54. The van der Waals surface area contributed by atoms with Crippen LogP contribution in [-0.4, -0.2) is 56.0 Å². The van der Waals surface area contributed by atoms with Crippen molar-refractivity contribution in [3.05, 3.63) is 23.8 Å². The molecule has 1 aliphatic heterocycles. The van der Waals surface area contributed by atoms with Gasteiger partial charge in [-0.25, -0.2) is 0 Å². The van der Waals surface area contributed by atoms with Crippen molar-refractivity contribution in [3.8, 4) is 0 Å². The van der Waals surface area contributed by atoms with Crippen molar-refractivity contribution >= 4 is 11.4 Å². The molecule has 0 bridgehead atoms. The summed E-state index contributed by atoms with van der Waals surface area (Å²) < 4.78 is 0.867.